The predicted octanol–water partition coefficient (Wildman–Crippen LogP) is 5.17. The van der Waals surface area contributed by atoms with Crippen molar-refractivity contribution in [2.45, 2.75) is 6.92 Å². The standard InChI is InChI=1S/C24H20ClN3O3/c1-16-4-2-3-5-21(16)24-28-27-23(31-24)18-8-6-17(7-9-18)22(29)26-14-15-30-20-12-10-19(25)11-13-20/h2-13H,14-15H2,1H3,(H,26,29). The molecule has 1 N–H and O–H groups in total. The van der Waals surface area contributed by atoms with Crippen LogP contribution in [0.3, 0.4) is 0 Å². The van der Waals surface area contributed by atoms with E-state index >= 15 is 0 Å². The van der Waals surface area contributed by atoms with Gasteiger partial charge in [0, 0.05) is 21.7 Å². The smallest absolute Gasteiger partial charge is 0.251 e. The van der Waals surface area contributed by atoms with Crippen molar-refractivity contribution >= 4 is 17.5 Å². The van der Waals surface area contributed by atoms with Crippen molar-refractivity contribution in [2.24, 2.45) is 0 Å². The third-order valence-corrected chi connectivity index (χ3v) is 4.92. The molecule has 0 aliphatic rings. The Labute approximate surface area is 184 Å². The summed E-state index contributed by atoms with van der Waals surface area (Å²) in [5.74, 6) is 1.39. The van der Waals surface area contributed by atoms with Crippen LogP contribution in [0, 0.1) is 6.92 Å². The second-order valence-electron chi connectivity index (χ2n) is 6.86. The number of aryl methyl sites for hydroxylation is 1. The largest absolute Gasteiger partial charge is 0.492 e. The number of carbonyl (C=O) groups is 1. The van der Waals surface area contributed by atoms with Gasteiger partial charge in [0.05, 0.1) is 6.54 Å². The molecule has 3 aromatic carbocycles. The number of ether oxygens (including phenoxy) is 1. The Hall–Kier alpha value is -3.64. The Bertz CT molecular complexity index is 1170. The number of nitrogens with zero attached hydrogens (tertiary/aromatic N) is 2. The summed E-state index contributed by atoms with van der Waals surface area (Å²) in [5, 5.41) is 11.8. The fourth-order valence-electron chi connectivity index (χ4n) is 2.99. The molecule has 0 aliphatic carbocycles. The van der Waals surface area contributed by atoms with Crippen molar-refractivity contribution in [3.05, 3.63) is 88.9 Å². The number of hydrogen-bond donors (Lipinski definition) is 1. The lowest BCUT2D eigenvalue weighted by Gasteiger charge is -2.08. The molecule has 0 fully saturated rings. The van der Waals surface area contributed by atoms with Crippen molar-refractivity contribution in [3.8, 4) is 28.7 Å². The molecule has 4 aromatic rings. The molecule has 0 aliphatic heterocycles. The van der Waals surface area contributed by atoms with E-state index in [1.165, 1.54) is 0 Å². The van der Waals surface area contributed by atoms with Gasteiger partial charge < -0.3 is 14.5 Å². The van der Waals surface area contributed by atoms with Gasteiger partial charge in [-0.15, -0.1) is 10.2 Å². The summed E-state index contributed by atoms with van der Waals surface area (Å²) < 4.78 is 11.4. The molecule has 0 unspecified atom stereocenters. The summed E-state index contributed by atoms with van der Waals surface area (Å²) in [4.78, 5) is 12.3. The second kappa shape index (κ2) is 9.45. The van der Waals surface area contributed by atoms with Gasteiger partial charge in [0.1, 0.15) is 12.4 Å². The minimum absolute atomic E-state index is 0.183. The number of benzene rings is 3. The van der Waals surface area contributed by atoms with Crippen molar-refractivity contribution in [3.63, 3.8) is 0 Å². The molecular formula is C24H20ClN3O3. The Morgan fingerprint density at radius 2 is 1.68 bits per heavy atom. The topological polar surface area (TPSA) is 77.2 Å². The van der Waals surface area contributed by atoms with Crippen LogP contribution in [0.2, 0.25) is 5.02 Å². The molecule has 4 rings (SSSR count). The van der Waals surface area contributed by atoms with Crippen LogP contribution in [0.5, 0.6) is 5.75 Å². The van der Waals surface area contributed by atoms with Gasteiger partial charge in [-0.25, -0.2) is 0 Å². The summed E-state index contributed by atoms with van der Waals surface area (Å²) >= 11 is 5.84. The van der Waals surface area contributed by atoms with Gasteiger partial charge >= 0.3 is 0 Å². The first-order valence-electron chi connectivity index (χ1n) is 9.77. The molecule has 1 amide bonds. The molecule has 0 radical (unpaired) electrons. The second-order valence-corrected chi connectivity index (χ2v) is 7.30. The molecular weight excluding hydrogens is 414 g/mol. The zero-order valence-electron chi connectivity index (χ0n) is 16.8. The molecule has 0 bridgehead atoms. The number of aromatic nitrogens is 2. The monoisotopic (exact) mass is 433 g/mol. The van der Waals surface area contributed by atoms with Gasteiger partial charge in [-0.3, -0.25) is 4.79 Å². The molecule has 31 heavy (non-hydrogen) atoms. The first-order chi connectivity index (χ1) is 15.1. The lowest BCUT2D eigenvalue weighted by Crippen LogP contribution is -2.28. The van der Waals surface area contributed by atoms with Gasteiger partial charge in [-0.2, -0.15) is 0 Å². The van der Waals surface area contributed by atoms with Crippen LogP contribution >= 0.6 is 11.6 Å². The average Bonchev–Trinajstić information content (AvgIpc) is 3.28. The minimum Gasteiger partial charge on any atom is -0.492 e. The van der Waals surface area contributed by atoms with Crippen molar-refractivity contribution in [1.82, 2.24) is 15.5 Å². The van der Waals surface area contributed by atoms with Gasteiger partial charge in [0.2, 0.25) is 11.8 Å². The highest BCUT2D eigenvalue weighted by atomic mass is 35.5. The Morgan fingerprint density at radius 3 is 2.42 bits per heavy atom. The molecule has 0 atom stereocenters. The van der Waals surface area contributed by atoms with E-state index < -0.39 is 0 Å². The predicted molar refractivity (Wildman–Crippen MR) is 119 cm³/mol. The average molecular weight is 434 g/mol. The summed E-state index contributed by atoms with van der Waals surface area (Å²) in [6, 6.07) is 21.9. The fourth-order valence-corrected chi connectivity index (χ4v) is 3.12. The maximum Gasteiger partial charge on any atom is 0.251 e. The molecule has 156 valence electrons. The Morgan fingerprint density at radius 1 is 0.968 bits per heavy atom. The molecule has 0 saturated heterocycles. The maximum absolute atomic E-state index is 12.3. The van der Waals surface area contributed by atoms with E-state index in [0.717, 1.165) is 16.7 Å². The van der Waals surface area contributed by atoms with Crippen molar-refractivity contribution < 1.29 is 13.9 Å². The van der Waals surface area contributed by atoms with Crippen molar-refractivity contribution in [2.75, 3.05) is 13.2 Å². The molecule has 6 nitrogen and oxygen atoms in total. The van der Waals surface area contributed by atoms with Crippen LogP contribution < -0.4 is 10.1 Å². The summed E-state index contributed by atoms with van der Waals surface area (Å²) in [6.45, 7) is 2.73. The van der Waals surface area contributed by atoms with Gasteiger partial charge in [-0.1, -0.05) is 29.8 Å². The Kier molecular flexibility index (Phi) is 6.29. The van der Waals surface area contributed by atoms with Gasteiger partial charge in [0.25, 0.3) is 5.91 Å². The van der Waals surface area contributed by atoms with E-state index in [2.05, 4.69) is 15.5 Å². The highest BCUT2D eigenvalue weighted by Gasteiger charge is 2.13. The van der Waals surface area contributed by atoms with Crippen molar-refractivity contribution in [1.29, 1.82) is 0 Å². The zero-order valence-corrected chi connectivity index (χ0v) is 17.6. The first-order valence-corrected chi connectivity index (χ1v) is 10.1. The third-order valence-electron chi connectivity index (χ3n) is 4.66. The van der Waals surface area contributed by atoms with Gasteiger partial charge in [0.15, 0.2) is 0 Å². The van der Waals surface area contributed by atoms with E-state index in [1.54, 1.807) is 48.5 Å². The SMILES string of the molecule is Cc1ccccc1-c1nnc(-c2ccc(C(=O)NCCOc3ccc(Cl)cc3)cc2)o1. The summed E-state index contributed by atoms with van der Waals surface area (Å²) in [6.07, 6.45) is 0. The summed E-state index contributed by atoms with van der Waals surface area (Å²) in [5.41, 5.74) is 3.24. The van der Waals surface area contributed by atoms with Crippen LogP contribution in [0.1, 0.15) is 15.9 Å². The van der Waals surface area contributed by atoms with E-state index in [1.807, 2.05) is 31.2 Å². The highest BCUT2D eigenvalue weighted by molar-refractivity contribution is 6.30. The number of rotatable bonds is 7. The number of halogens is 1. The highest BCUT2D eigenvalue weighted by Crippen LogP contribution is 2.26. The molecule has 0 saturated carbocycles. The third kappa shape index (κ3) is 5.10. The van der Waals surface area contributed by atoms with Gasteiger partial charge in [-0.05, 0) is 67.1 Å². The molecule has 0 spiro atoms. The lowest BCUT2D eigenvalue weighted by molar-refractivity contribution is 0.0947. The lowest BCUT2D eigenvalue weighted by atomic mass is 10.1. The van der Waals surface area contributed by atoms with E-state index in [-0.39, 0.29) is 5.91 Å². The van der Waals surface area contributed by atoms with E-state index in [4.69, 9.17) is 20.8 Å². The number of hydrogen-bond acceptors (Lipinski definition) is 5. The number of nitrogens with one attached hydrogen (secondary N) is 1. The van der Waals surface area contributed by atoms with E-state index in [0.29, 0.717) is 41.3 Å². The van der Waals surface area contributed by atoms with Crippen LogP contribution in [0.15, 0.2) is 77.2 Å². The molecule has 1 heterocycles. The number of amides is 1. The molecule has 7 heteroatoms. The number of carbonyl (C=O) groups excluding carboxylic acids is 1. The van der Waals surface area contributed by atoms with E-state index in [9.17, 15) is 4.79 Å². The van der Waals surface area contributed by atoms with Crippen LogP contribution in [-0.4, -0.2) is 29.3 Å². The quantitative estimate of drug-likeness (QED) is 0.406. The summed E-state index contributed by atoms with van der Waals surface area (Å²) in [7, 11) is 0. The Balaban J connectivity index is 1.33. The first kappa shape index (κ1) is 20.6. The minimum atomic E-state index is -0.183. The van der Waals surface area contributed by atoms with Crippen LogP contribution in [0.4, 0.5) is 0 Å². The zero-order chi connectivity index (χ0) is 21.6. The maximum atomic E-state index is 12.3. The van der Waals surface area contributed by atoms with Crippen LogP contribution in [-0.2, 0) is 0 Å². The molecule has 1 aromatic heterocycles. The van der Waals surface area contributed by atoms with Crippen LogP contribution in [0.25, 0.3) is 22.9 Å². The fraction of sp³-hybridized carbons (Fsp3) is 0.125. The normalized spacial score (nSPS) is 10.6.